The number of nitrogens with one attached hydrogen (secondary N) is 2. The second-order valence-electron chi connectivity index (χ2n) is 6.57. The highest BCUT2D eigenvalue weighted by atomic mass is 35.5. The number of nitrogens with zero attached hydrogens (tertiary/aromatic N) is 2. The summed E-state index contributed by atoms with van der Waals surface area (Å²) in [7, 11) is 0. The third-order valence-corrected chi connectivity index (χ3v) is 4.97. The smallest absolute Gasteiger partial charge is 0.251 e. The zero-order valence-corrected chi connectivity index (χ0v) is 15.3. The summed E-state index contributed by atoms with van der Waals surface area (Å²) < 4.78 is 0. The van der Waals surface area contributed by atoms with Gasteiger partial charge in [-0.2, -0.15) is 0 Å². The van der Waals surface area contributed by atoms with Crippen LogP contribution in [-0.2, 0) is 9.59 Å². The Bertz CT molecular complexity index is 869. The number of carbonyl (C=O) groups is 2. The highest BCUT2D eigenvalue weighted by molar-refractivity contribution is 6.30. The summed E-state index contributed by atoms with van der Waals surface area (Å²) in [4.78, 5) is 26.6. The van der Waals surface area contributed by atoms with Crippen molar-refractivity contribution >= 4 is 29.1 Å². The third kappa shape index (κ3) is 3.82. The predicted octanol–water partition coefficient (Wildman–Crippen LogP) is 2.91. The zero-order chi connectivity index (χ0) is 18.8. The maximum absolute atomic E-state index is 12.8. The molecule has 2 heterocycles. The third-order valence-electron chi connectivity index (χ3n) is 4.72. The number of halogens is 1. The number of hydrazine groups is 1. The van der Waals surface area contributed by atoms with Gasteiger partial charge < -0.3 is 15.2 Å². The second kappa shape index (κ2) is 7.42. The minimum Gasteiger partial charge on any atom is -0.325 e. The molecule has 0 aliphatic carbocycles. The quantitative estimate of drug-likeness (QED) is 0.853. The highest BCUT2D eigenvalue weighted by Gasteiger charge is 2.40. The van der Waals surface area contributed by atoms with Crippen molar-refractivity contribution in [2.24, 2.45) is 0 Å². The number of benzene rings is 2. The van der Waals surface area contributed by atoms with Crippen molar-refractivity contribution < 1.29 is 9.59 Å². The molecule has 2 aliphatic heterocycles. The zero-order valence-electron chi connectivity index (χ0n) is 14.5. The van der Waals surface area contributed by atoms with Crippen LogP contribution >= 0.6 is 11.6 Å². The Hall–Kier alpha value is -2.83. The maximum Gasteiger partial charge on any atom is 0.251 e. The van der Waals surface area contributed by atoms with Gasteiger partial charge in [0.15, 0.2) is 0 Å². The minimum atomic E-state index is -0.316. The molecule has 2 amide bonds. The van der Waals surface area contributed by atoms with E-state index in [2.05, 4.69) is 10.7 Å². The van der Waals surface area contributed by atoms with Crippen LogP contribution in [0.3, 0.4) is 0 Å². The first-order valence-corrected chi connectivity index (χ1v) is 9.11. The van der Waals surface area contributed by atoms with Gasteiger partial charge in [-0.15, -0.1) is 0 Å². The first-order chi connectivity index (χ1) is 13.1. The molecule has 0 bridgehead atoms. The van der Waals surface area contributed by atoms with Crippen molar-refractivity contribution in [3.63, 3.8) is 0 Å². The van der Waals surface area contributed by atoms with Crippen LogP contribution in [0, 0.1) is 0 Å². The van der Waals surface area contributed by atoms with Gasteiger partial charge in [-0.25, -0.2) is 5.43 Å². The van der Waals surface area contributed by atoms with Crippen molar-refractivity contribution in [3.05, 3.63) is 77.6 Å². The van der Waals surface area contributed by atoms with Gasteiger partial charge in [0.2, 0.25) is 5.91 Å². The van der Waals surface area contributed by atoms with Gasteiger partial charge in [-0.3, -0.25) is 9.59 Å². The molecule has 1 saturated heterocycles. The predicted molar refractivity (Wildman–Crippen MR) is 103 cm³/mol. The number of hydrogen-bond donors (Lipinski definition) is 2. The van der Waals surface area contributed by atoms with Crippen LogP contribution in [0.5, 0.6) is 0 Å². The fourth-order valence-corrected chi connectivity index (χ4v) is 3.48. The van der Waals surface area contributed by atoms with E-state index >= 15 is 0 Å². The summed E-state index contributed by atoms with van der Waals surface area (Å²) in [6.07, 6.45) is 4.10. The van der Waals surface area contributed by atoms with Crippen LogP contribution in [-0.4, -0.2) is 34.3 Å². The molecule has 0 radical (unpaired) electrons. The average molecular weight is 383 g/mol. The molecule has 0 saturated carbocycles. The maximum atomic E-state index is 12.8. The SMILES string of the molecule is O=C(CN1C=CN2NC(c3ccccc3)CC2C1=O)Nc1ccc(Cl)cc1. The van der Waals surface area contributed by atoms with Gasteiger partial charge >= 0.3 is 0 Å². The Morgan fingerprint density at radius 2 is 1.85 bits per heavy atom. The molecular formula is C20H19ClN4O2. The number of amides is 2. The molecule has 2 aromatic rings. The number of fused-ring (bicyclic) bond motifs is 1. The van der Waals surface area contributed by atoms with E-state index in [-0.39, 0.29) is 30.4 Å². The first kappa shape index (κ1) is 17.6. The van der Waals surface area contributed by atoms with Crippen LogP contribution in [0.25, 0.3) is 0 Å². The molecule has 2 aliphatic rings. The lowest BCUT2D eigenvalue weighted by Crippen LogP contribution is -2.49. The minimum absolute atomic E-state index is 0.0295. The van der Waals surface area contributed by atoms with Crippen molar-refractivity contribution in [1.82, 2.24) is 15.3 Å². The van der Waals surface area contributed by atoms with Crippen LogP contribution in [0.4, 0.5) is 5.69 Å². The fraction of sp³-hybridized carbons (Fsp3) is 0.200. The standard InChI is InChI=1S/C20H19ClN4O2/c21-15-6-8-16(9-7-15)22-19(26)13-24-10-11-25-18(20(24)27)12-17(23-25)14-4-2-1-3-5-14/h1-11,17-18,23H,12-13H2,(H,22,26). The van der Waals surface area contributed by atoms with Gasteiger partial charge in [0.05, 0.1) is 6.04 Å². The number of rotatable bonds is 4. The summed E-state index contributed by atoms with van der Waals surface area (Å²) in [6, 6.07) is 16.6. The topological polar surface area (TPSA) is 64.7 Å². The van der Waals surface area contributed by atoms with Crippen LogP contribution in [0.1, 0.15) is 18.0 Å². The number of anilines is 1. The molecule has 1 fully saturated rings. The summed E-state index contributed by atoms with van der Waals surface area (Å²) in [6.45, 7) is -0.0295. The number of carbonyl (C=O) groups excluding carboxylic acids is 2. The molecule has 2 N–H and O–H groups in total. The molecule has 4 rings (SSSR count). The van der Waals surface area contributed by atoms with Gasteiger partial charge in [-0.05, 0) is 36.2 Å². The van der Waals surface area contributed by atoms with E-state index in [0.717, 1.165) is 5.56 Å². The van der Waals surface area contributed by atoms with Crippen molar-refractivity contribution in [3.8, 4) is 0 Å². The van der Waals surface area contributed by atoms with Crippen LogP contribution in [0.15, 0.2) is 67.0 Å². The Morgan fingerprint density at radius 1 is 1.11 bits per heavy atom. The molecule has 27 heavy (non-hydrogen) atoms. The van der Waals surface area contributed by atoms with Crippen molar-refractivity contribution in [2.75, 3.05) is 11.9 Å². The monoisotopic (exact) mass is 382 g/mol. The molecule has 138 valence electrons. The van der Waals surface area contributed by atoms with E-state index in [1.807, 2.05) is 41.5 Å². The summed E-state index contributed by atoms with van der Waals surface area (Å²) in [5, 5.41) is 5.20. The molecule has 2 atom stereocenters. The van der Waals surface area contributed by atoms with Crippen LogP contribution in [0.2, 0.25) is 5.02 Å². The molecule has 0 spiro atoms. The summed E-state index contributed by atoms with van der Waals surface area (Å²) >= 11 is 5.85. The molecule has 2 unspecified atom stereocenters. The summed E-state index contributed by atoms with van der Waals surface area (Å²) in [5.41, 5.74) is 5.13. The number of hydrogen-bond acceptors (Lipinski definition) is 4. The average Bonchev–Trinajstić information content (AvgIpc) is 3.12. The van der Waals surface area contributed by atoms with Crippen molar-refractivity contribution in [2.45, 2.75) is 18.5 Å². The fourth-order valence-electron chi connectivity index (χ4n) is 3.36. The van der Waals surface area contributed by atoms with Crippen molar-refractivity contribution in [1.29, 1.82) is 0 Å². The van der Waals surface area contributed by atoms with E-state index in [9.17, 15) is 9.59 Å². The Labute approximate surface area is 162 Å². The van der Waals surface area contributed by atoms with E-state index < -0.39 is 0 Å². The van der Waals surface area contributed by atoms with Gasteiger partial charge in [-0.1, -0.05) is 41.9 Å². The molecule has 2 aromatic carbocycles. The lowest BCUT2D eigenvalue weighted by Gasteiger charge is -2.31. The van der Waals surface area contributed by atoms with E-state index in [0.29, 0.717) is 17.1 Å². The van der Waals surface area contributed by atoms with E-state index in [1.165, 1.54) is 4.90 Å². The van der Waals surface area contributed by atoms with Gasteiger partial charge in [0, 0.05) is 23.1 Å². The Balaban J connectivity index is 1.39. The molecular weight excluding hydrogens is 364 g/mol. The lowest BCUT2D eigenvalue weighted by atomic mass is 10.0. The van der Waals surface area contributed by atoms with Gasteiger partial charge in [0.1, 0.15) is 12.6 Å². The second-order valence-corrected chi connectivity index (χ2v) is 7.01. The Morgan fingerprint density at radius 3 is 2.59 bits per heavy atom. The Kier molecular flexibility index (Phi) is 4.83. The molecule has 6 nitrogen and oxygen atoms in total. The summed E-state index contributed by atoms with van der Waals surface area (Å²) in [5.74, 6) is -0.343. The van der Waals surface area contributed by atoms with E-state index in [1.54, 1.807) is 30.5 Å². The normalized spacial score (nSPS) is 21.3. The van der Waals surface area contributed by atoms with E-state index in [4.69, 9.17) is 11.6 Å². The highest BCUT2D eigenvalue weighted by Crippen LogP contribution is 2.30. The van der Waals surface area contributed by atoms with Gasteiger partial charge in [0.25, 0.3) is 5.91 Å². The van der Waals surface area contributed by atoms with Crippen LogP contribution < -0.4 is 10.7 Å². The lowest BCUT2D eigenvalue weighted by molar-refractivity contribution is -0.137. The first-order valence-electron chi connectivity index (χ1n) is 8.74. The largest absolute Gasteiger partial charge is 0.325 e. The molecule has 7 heteroatoms. The molecule has 0 aromatic heterocycles.